The van der Waals surface area contributed by atoms with Gasteiger partial charge >= 0.3 is 6.18 Å². The molecule has 0 amide bonds. The third kappa shape index (κ3) is 3.95. The predicted molar refractivity (Wildman–Crippen MR) is 44.3 cm³/mol. The van der Waals surface area contributed by atoms with E-state index in [4.69, 9.17) is 5.73 Å². The van der Waals surface area contributed by atoms with Crippen LogP contribution in [0.5, 0.6) is 0 Å². The fraction of sp³-hybridized carbons (Fsp3) is 1.00. The molecule has 0 unspecified atom stereocenters. The first-order chi connectivity index (χ1) is 5.99. The van der Waals surface area contributed by atoms with Gasteiger partial charge in [0.15, 0.2) is 0 Å². The lowest BCUT2D eigenvalue weighted by Crippen LogP contribution is -2.49. The lowest BCUT2D eigenvalue weighted by Gasteiger charge is -2.29. The third-order valence-electron chi connectivity index (χ3n) is 2.38. The molecule has 3 N–H and O–H groups in total. The van der Waals surface area contributed by atoms with Crippen LogP contribution in [-0.2, 0) is 0 Å². The van der Waals surface area contributed by atoms with E-state index in [9.17, 15) is 13.2 Å². The highest BCUT2D eigenvalue weighted by Crippen LogP contribution is 2.19. The summed E-state index contributed by atoms with van der Waals surface area (Å²) in [4.78, 5) is 0. The van der Waals surface area contributed by atoms with Gasteiger partial charge in [-0.05, 0) is 12.8 Å². The van der Waals surface area contributed by atoms with Gasteiger partial charge in [-0.15, -0.1) is 0 Å². The van der Waals surface area contributed by atoms with Crippen molar-refractivity contribution in [1.82, 2.24) is 5.32 Å². The molecule has 2 nitrogen and oxygen atoms in total. The second kappa shape index (κ2) is 4.28. The molecule has 0 bridgehead atoms. The van der Waals surface area contributed by atoms with Crippen molar-refractivity contribution in [2.45, 2.75) is 43.9 Å². The average molecular weight is 196 g/mol. The number of halogens is 3. The smallest absolute Gasteiger partial charge is 0.326 e. The molecule has 0 radical (unpaired) electrons. The van der Waals surface area contributed by atoms with Crippen LogP contribution in [0.25, 0.3) is 0 Å². The summed E-state index contributed by atoms with van der Waals surface area (Å²) in [7, 11) is 0. The Morgan fingerprint density at radius 3 is 2.38 bits per heavy atom. The Kier molecular flexibility index (Phi) is 3.55. The van der Waals surface area contributed by atoms with Crippen molar-refractivity contribution in [3.8, 4) is 0 Å². The van der Waals surface area contributed by atoms with Gasteiger partial charge in [0.1, 0.15) is 0 Å². The van der Waals surface area contributed by atoms with Crippen LogP contribution in [0.4, 0.5) is 13.2 Å². The number of hydrogen-bond donors (Lipinski definition) is 2. The molecule has 0 saturated heterocycles. The van der Waals surface area contributed by atoms with Gasteiger partial charge in [-0.3, -0.25) is 0 Å². The summed E-state index contributed by atoms with van der Waals surface area (Å²) in [6, 6.07) is -0.272. The van der Waals surface area contributed by atoms with Crippen LogP contribution < -0.4 is 11.1 Å². The van der Waals surface area contributed by atoms with Crippen LogP contribution in [0, 0.1) is 0 Å². The van der Waals surface area contributed by atoms with Crippen LogP contribution in [0.2, 0.25) is 0 Å². The van der Waals surface area contributed by atoms with E-state index in [0.717, 1.165) is 25.7 Å². The average Bonchev–Trinajstić information content (AvgIpc) is 2.01. The maximum atomic E-state index is 11.8. The first-order valence-corrected chi connectivity index (χ1v) is 4.55. The van der Waals surface area contributed by atoms with Gasteiger partial charge in [0, 0.05) is 12.1 Å². The van der Waals surface area contributed by atoms with Crippen molar-refractivity contribution in [3.05, 3.63) is 0 Å². The van der Waals surface area contributed by atoms with Gasteiger partial charge < -0.3 is 11.1 Å². The first-order valence-electron chi connectivity index (χ1n) is 4.55. The number of hydrogen-bond acceptors (Lipinski definition) is 2. The van der Waals surface area contributed by atoms with Gasteiger partial charge in [-0.1, -0.05) is 12.8 Å². The Balaban J connectivity index is 2.27. The van der Waals surface area contributed by atoms with Crippen LogP contribution in [0.3, 0.4) is 0 Å². The monoisotopic (exact) mass is 196 g/mol. The summed E-state index contributed by atoms with van der Waals surface area (Å²) in [6.07, 6.45) is -0.529. The van der Waals surface area contributed by atoms with Crippen LogP contribution >= 0.6 is 0 Å². The highest BCUT2D eigenvalue weighted by atomic mass is 19.4. The molecule has 2 atom stereocenters. The van der Waals surface area contributed by atoms with Gasteiger partial charge in [0.05, 0.1) is 6.54 Å². The van der Waals surface area contributed by atoms with Crippen molar-refractivity contribution in [3.63, 3.8) is 0 Å². The molecule has 13 heavy (non-hydrogen) atoms. The Labute approximate surface area is 75.7 Å². The van der Waals surface area contributed by atoms with E-state index < -0.39 is 12.7 Å². The second-order valence-electron chi connectivity index (χ2n) is 3.55. The fourth-order valence-corrected chi connectivity index (χ4v) is 1.66. The predicted octanol–water partition coefficient (Wildman–Crippen LogP) is 1.41. The minimum atomic E-state index is -4.13. The molecule has 5 heteroatoms. The molecular formula is C8H15F3N2. The van der Waals surface area contributed by atoms with Crippen molar-refractivity contribution in [2.75, 3.05) is 6.54 Å². The zero-order valence-corrected chi connectivity index (χ0v) is 7.40. The standard InChI is InChI=1S/C8H15F3N2/c9-8(10,11)5-13-7-4-2-1-3-6(7)12/h6-7,13H,1-5,12H2/t6-,7-/m1/s1. The Morgan fingerprint density at radius 1 is 1.23 bits per heavy atom. The zero-order chi connectivity index (χ0) is 9.90. The van der Waals surface area contributed by atoms with Crippen LogP contribution in [0.15, 0.2) is 0 Å². The number of nitrogens with one attached hydrogen (secondary N) is 1. The van der Waals surface area contributed by atoms with Gasteiger partial charge in [0.2, 0.25) is 0 Å². The highest BCUT2D eigenvalue weighted by molar-refractivity contribution is 4.84. The molecule has 1 aliphatic carbocycles. The van der Waals surface area contributed by atoms with E-state index in [1.54, 1.807) is 0 Å². The maximum absolute atomic E-state index is 11.8. The molecule has 1 fully saturated rings. The minimum Gasteiger partial charge on any atom is -0.326 e. The third-order valence-corrected chi connectivity index (χ3v) is 2.38. The Bertz CT molecular complexity index is 158. The summed E-state index contributed by atoms with van der Waals surface area (Å²) in [5.74, 6) is 0. The summed E-state index contributed by atoms with van der Waals surface area (Å²) in [6.45, 7) is -0.925. The topological polar surface area (TPSA) is 38.0 Å². The van der Waals surface area contributed by atoms with E-state index in [1.165, 1.54) is 0 Å². The van der Waals surface area contributed by atoms with Crippen molar-refractivity contribution < 1.29 is 13.2 Å². The maximum Gasteiger partial charge on any atom is 0.401 e. The van der Waals surface area contributed by atoms with Crippen LogP contribution in [-0.4, -0.2) is 24.8 Å². The van der Waals surface area contributed by atoms with E-state index >= 15 is 0 Å². The number of rotatable bonds is 2. The van der Waals surface area contributed by atoms with E-state index in [-0.39, 0.29) is 12.1 Å². The van der Waals surface area contributed by atoms with Gasteiger partial charge in [-0.2, -0.15) is 13.2 Å². The summed E-state index contributed by atoms with van der Waals surface area (Å²) in [5, 5.41) is 2.46. The number of nitrogens with two attached hydrogens (primary N) is 1. The van der Waals surface area contributed by atoms with Crippen molar-refractivity contribution >= 4 is 0 Å². The largest absolute Gasteiger partial charge is 0.401 e. The highest BCUT2D eigenvalue weighted by Gasteiger charge is 2.30. The van der Waals surface area contributed by atoms with Gasteiger partial charge in [-0.25, -0.2) is 0 Å². The molecule has 0 aromatic carbocycles. The molecule has 0 heterocycles. The van der Waals surface area contributed by atoms with Crippen molar-refractivity contribution in [2.24, 2.45) is 5.73 Å². The van der Waals surface area contributed by atoms with Gasteiger partial charge in [0.25, 0.3) is 0 Å². The van der Waals surface area contributed by atoms with Crippen molar-refractivity contribution in [1.29, 1.82) is 0 Å². The fourth-order valence-electron chi connectivity index (χ4n) is 1.66. The second-order valence-corrected chi connectivity index (χ2v) is 3.55. The molecule has 78 valence electrons. The zero-order valence-electron chi connectivity index (χ0n) is 7.40. The quantitative estimate of drug-likeness (QED) is 0.700. The minimum absolute atomic E-state index is 0.115. The summed E-state index contributed by atoms with van der Waals surface area (Å²) in [5.41, 5.74) is 5.68. The van der Waals surface area contributed by atoms with Crippen LogP contribution in [0.1, 0.15) is 25.7 Å². The lowest BCUT2D eigenvalue weighted by atomic mass is 9.91. The summed E-state index contributed by atoms with van der Waals surface area (Å²) < 4.78 is 35.5. The normalized spacial score (nSPS) is 30.5. The summed E-state index contributed by atoms with van der Waals surface area (Å²) >= 11 is 0. The molecule has 0 aliphatic heterocycles. The molecule has 0 aromatic heterocycles. The van der Waals surface area contributed by atoms with E-state index in [1.807, 2.05) is 0 Å². The first kappa shape index (κ1) is 10.8. The Morgan fingerprint density at radius 2 is 1.85 bits per heavy atom. The molecule has 0 spiro atoms. The molecule has 1 rings (SSSR count). The molecule has 1 saturated carbocycles. The molecule has 0 aromatic rings. The Hall–Kier alpha value is -0.290. The molecular weight excluding hydrogens is 181 g/mol. The van der Waals surface area contributed by atoms with E-state index in [2.05, 4.69) is 5.32 Å². The molecule has 1 aliphatic rings. The van der Waals surface area contributed by atoms with E-state index in [0.29, 0.717) is 0 Å². The SMILES string of the molecule is N[C@@H]1CCCC[C@H]1NCC(F)(F)F. The number of alkyl halides is 3. The lowest BCUT2D eigenvalue weighted by molar-refractivity contribution is -0.126.